The summed E-state index contributed by atoms with van der Waals surface area (Å²) < 4.78 is 61.5. The summed E-state index contributed by atoms with van der Waals surface area (Å²) in [6, 6.07) is 11.3. The van der Waals surface area contributed by atoms with E-state index in [1.54, 1.807) is 30.3 Å². The molecule has 10 heteroatoms. The van der Waals surface area contributed by atoms with Gasteiger partial charge in [0.2, 0.25) is 5.91 Å². The van der Waals surface area contributed by atoms with E-state index in [1.807, 2.05) is 4.90 Å². The van der Waals surface area contributed by atoms with Crippen LogP contribution in [0.1, 0.15) is 55.3 Å². The SMILES string of the molecule is O=C(NC(=O)[C@@H]1CCCNC1)c1ccccc1-c1ccc(OCC2CCN(CC3(C(F)(F)F)CCC3)CC2)c(F)c1. The number of benzene rings is 2. The van der Waals surface area contributed by atoms with Crippen molar-refractivity contribution >= 4 is 11.8 Å². The molecule has 5 rings (SSSR count). The molecular formula is C31H37F4N3O3. The van der Waals surface area contributed by atoms with Crippen LogP contribution in [0.4, 0.5) is 17.6 Å². The largest absolute Gasteiger partial charge is 0.490 e. The monoisotopic (exact) mass is 575 g/mol. The highest BCUT2D eigenvalue weighted by molar-refractivity contribution is 6.08. The lowest BCUT2D eigenvalue weighted by atomic mass is 9.67. The number of ether oxygens (including phenoxy) is 1. The molecule has 1 saturated carbocycles. The maximum absolute atomic E-state index is 15.1. The molecular weight excluding hydrogens is 538 g/mol. The smallest absolute Gasteiger partial charge is 0.395 e. The van der Waals surface area contributed by atoms with Crippen LogP contribution in [0, 0.1) is 23.1 Å². The number of alkyl halides is 3. The Hall–Kier alpha value is -2.98. The Bertz CT molecular complexity index is 1230. The number of rotatable bonds is 8. The minimum Gasteiger partial charge on any atom is -0.490 e. The fraction of sp³-hybridized carbons (Fsp3) is 0.548. The number of carbonyl (C=O) groups is 2. The molecule has 3 aliphatic rings. The Morgan fingerprint density at radius 1 is 1.05 bits per heavy atom. The Morgan fingerprint density at radius 3 is 2.44 bits per heavy atom. The summed E-state index contributed by atoms with van der Waals surface area (Å²) in [6.45, 7) is 2.89. The normalized spacial score (nSPS) is 21.6. The molecule has 2 saturated heterocycles. The predicted molar refractivity (Wildman–Crippen MR) is 147 cm³/mol. The molecule has 0 bridgehead atoms. The number of piperidine rings is 2. The number of hydrogen-bond acceptors (Lipinski definition) is 5. The first-order chi connectivity index (χ1) is 19.6. The number of likely N-dealkylation sites (tertiary alicyclic amines) is 1. The van der Waals surface area contributed by atoms with Crippen molar-refractivity contribution in [2.75, 3.05) is 39.3 Å². The highest BCUT2D eigenvalue weighted by atomic mass is 19.4. The molecule has 2 aromatic carbocycles. The van der Waals surface area contributed by atoms with Gasteiger partial charge in [-0.05, 0) is 93.4 Å². The Morgan fingerprint density at radius 2 is 1.80 bits per heavy atom. The standard InChI is InChI=1S/C31H37F4N3O3/c32-26-17-22(24-6-1-2-7-25(24)29(40)37-28(39)23-5-3-14-36-18-23)8-9-27(26)41-19-21-10-15-38(16-11-21)20-30(12-4-13-30)31(33,34)35/h1-2,6-9,17,21,23,36H,3-5,10-16,18-20H2,(H,37,39,40)/t23-/m1/s1. The summed E-state index contributed by atoms with van der Waals surface area (Å²) in [4.78, 5) is 27.4. The fourth-order valence-corrected chi connectivity index (χ4v) is 6.16. The number of hydrogen-bond donors (Lipinski definition) is 2. The predicted octanol–water partition coefficient (Wildman–Crippen LogP) is 5.57. The second kappa shape index (κ2) is 12.5. The average Bonchev–Trinajstić information content (AvgIpc) is 2.94. The molecule has 3 fully saturated rings. The molecule has 0 unspecified atom stereocenters. The van der Waals surface area contributed by atoms with E-state index in [2.05, 4.69) is 10.6 Å². The quantitative estimate of drug-likeness (QED) is 0.318. The first kappa shape index (κ1) is 29.5. The Balaban J connectivity index is 1.16. The van der Waals surface area contributed by atoms with Gasteiger partial charge in [-0.2, -0.15) is 13.2 Å². The van der Waals surface area contributed by atoms with Crippen molar-refractivity contribution in [1.29, 1.82) is 0 Å². The van der Waals surface area contributed by atoms with Gasteiger partial charge in [0.15, 0.2) is 11.6 Å². The van der Waals surface area contributed by atoms with Gasteiger partial charge in [-0.3, -0.25) is 14.9 Å². The second-order valence-electron chi connectivity index (χ2n) is 11.7. The van der Waals surface area contributed by atoms with E-state index in [-0.39, 0.29) is 55.0 Å². The molecule has 6 nitrogen and oxygen atoms in total. The summed E-state index contributed by atoms with van der Waals surface area (Å²) in [7, 11) is 0. The molecule has 1 aliphatic carbocycles. The molecule has 2 amide bonds. The summed E-state index contributed by atoms with van der Waals surface area (Å²) in [5.41, 5.74) is -0.294. The third-order valence-corrected chi connectivity index (χ3v) is 8.94. The van der Waals surface area contributed by atoms with Gasteiger partial charge in [-0.15, -0.1) is 0 Å². The van der Waals surface area contributed by atoms with E-state index in [1.165, 1.54) is 12.1 Å². The van der Waals surface area contributed by atoms with Crippen LogP contribution in [-0.2, 0) is 4.79 Å². The molecule has 2 aliphatic heterocycles. The van der Waals surface area contributed by atoms with Crippen molar-refractivity contribution in [3.8, 4) is 16.9 Å². The molecule has 0 aromatic heterocycles. The number of imide groups is 1. The molecule has 0 spiro atoms. The third-order valence-electron chi connectivity index (χ3n) is 8.94. The van der Waals surface area contributed by atoms with E-state index in [0.29, 0.717) is 50.0 Å². The number of carbonyl (C=O) groups excluding carboxylic acids is 2. The van der Waals surface area contributed by atoms with Crippen LogP contribution >= 0.6 is 0 Å². The molecule has 2 aromatic rings. The van der Waals surface area contributed by atoms with E-state index >= 15 is 4.39 Å². The fourth-order valence-electron chi connectivity index (χ4n) is 6.16. The molecule has 222 valence electrons. The minimum atomic E-state index is -4.16. The maximum Gasteiger partial charge on any atom is 0.395 e. The summed E-state index contributed by atoms with van der Waals surface area (Å²) >= 11 is 0. The second-order valence-corrected chi connectivity index (χ2v) is 11.7. The van der Waals surface area contributed by atoms with Crippen LogP contribution < -0.4 is 15.4 Å². The van der Waals surface area contributed by atoms with Crippen molar-refractivity contribution in [1.82, 2.24) is 15.5 Å². The number of amides is 2. The van der Waals surface area contributed by atoms with Crippen molar-refractivity contribution in [2.45, 2.75) is 51.1 Å². The number of nitrogens with zero attached hydrogens (tertiary/aromatic N) is 1. The minimum absolute atomic E-state index is 0.0611. The molecule has 2 heterocycles. The topological polar surface area (TPSA) is 70.7 Å². The van der Waals surface area contributed by atoms with Crippen LogP contribution in [0.25, 0.3) is 11.1 Å². The zero-order chi connectivity index (χ0) is 29.0. The number of nitrogens with one attached hydrogen (secondary N) is 2. The third kappa shape index (κ3) is 6.75. The summed E-state index contributed by atoms with van der Waals surface area (Å²) in [5, 5.41) is 5.66. The van der Waals surface area contributed by atoms with Gasteiger partial charge in [-0.25, -0.2) is 4.39 Å². The number of halogens is 4. The van der Waals surface area contributed by atoms with E-state index in [4.69, 9.17) is 4.74 Å². The highest BCUT2D eigenvalue weighted by Crippen LogP contribution is 2.53. The van der Waals surface area contributed by atoms with Crippen LogP contribution in [0.15, 0.2) is 42.5 Å². The van der Waals surface area contributed by atoms with Gasteiger partial charge in [-0.1, -0.05) is 30.7 Å². The maximum atomic E-state index is 15.1. The molecule has 2 N–H and O–H groups in total. The van der Waals surface area contributed by atoms with Crippen LogP contribution in [0.3, 0.4) is 0 Å². The van der Waals surface area contributed by atoms with E-state index in [0.717, 1.165) is 19.4 Å². The molecule has 41 heavy (non-hydrogen) atoms. The zero-order valence-electron chi connectivity index (χ0n) is 23.1. The van der Waals surface area contributed by atoms with Crippen molar-refractivity contribution in [2.24, 2.45) is 17.3 Å². The van der Waals surface area contributed by atoms with E-state index < -0.39 is 23.3 Å². The average molecular weight is 576 g/mol. The molecule has 0 radical (unpaired) electrons. The van der Waals surface area contributed by atoms with Crippen LogP contribution in [-0.4, -0.2) is 62.2 Å². The van der Waals surface area contributed by atoms with Crippen LogP contribution in [0.5, 0.6) is 5.75 Å². The lowest BCUT2D eigenvalue weighted by molar-refractivity contribution is -0.256. The van der Waals surface area contributed by atoms with Crippen molar-refractivity contribution in [3.63, 3.8) is 0 Å². The lowest BCUT2D eigenvalue weighted by Gasteiger charge is -2.47. The van der Waals surface area contributed by atoms with Crippen molar-refractivity contribution < 1.29 is 31.9 Å². The molecule has 1 atom stereocenters. The Labute approximate surface area is 237 Å². The highest BCUT2D eigenvalue weighted by Gasteiger charge is 2.58. The van der Waals surface area contributed by atoms with Crippen molar-refractivity contribution in [3.05, 3.63) is 53.8 Å². The lowest BCUT2D eigenvalue weighted by Crippen LogP contribution is -2.53. The van der Waals surface area contributed by atoms with Gasteiger partial charge in [0, 0.05) is 18.7 Å². The van der Waals surface area contributed by atoms with E-state index in [9.17, 15) is 22.8 Å². The van der Waals surface area contributed by atoms with Gasteiger partial charge in [0.1, 0.15) is 0 Å². The van der Waals surface area contributed by atoms with Gasteiger partial charge in [0.05, 0.1) is 17.9 Å². The summed E-state index contributed by atoms with van der Waals surface area (Å²) in [5.74, 6) is -1.46. The van der Waals surface area contributed by atoms with Gasteiger partial charge < -0.3 is 15.0 Å². The summed E-state index contributed by atoms with van der Waals surface area (Å²) in [6.07, 6.45) is -0.122. The van der Waals surface area contributed by atoms with Gasteiger partial charge in [0.25, 0.3) is 5.91 Å². The van der Waals surface area contributed by atoms with Crippen LogP contribution in [0.2, 0.25) is 0 Å². The Kier molecular flexibility index (Phi) is 8.99. The van der Waals surface area contributed by atoms with Gasteiger partial charge >= 0.3 is 6.18 Å². The first-order valence-electron chi connectivity index (χ1n) is 14.5. The first-order valence-corrected chi connectivity index (χ1v) is 14.5. The zero-order valence-corrected chi connectivity index (χ0v) is 23.1.